The Morgan fingerprint density at radius 2 is 1.75 bits per heavy atom. The van der Waals surface area contributed by atoms with Gasteiger partial charge in [0.05, 0.1) is 14.2 Å². The van der Waals surface area contributed by atoms with Crippen LogP contribution in [0.1, 0.15) is 29.9 Å². The number of aromatic nitrogens is 1. The summed E-state index contributed by atoms with van der Waals surface area (Å²) in [4.78, 5) is 5.87. The van der Waals surface area contributed by atoms with Crippen LogP contribution in [0.3, 0.4) is 0 Å². The molecule has 2 N–H and O–H groups in total. The standard InChI is InChI=1S/C23H29N3O2/c1-15-11-22(27-3)23(28-4)13-21(15)25-17-5-6-20-18(12-17)19(14-24-20)16-7-9-26(2)10-8-16/h5-6,11-14,16,24-25H,7-10H2,1-4H3. The molecular formula is C23H29N3O2. The maximum Gasteiger partial charge on any atom is 0.162 e. The van der Waals surface area contributed by atoms with Crippen molar-refractivity contribution in [2.24, 2.45) is 0 Å². The van der Waals surface area contributed by atoms with Gasteiger partial charge in [-0.15, -0.1) is 0 Å². The Kier molecular flexibility index (Phi) is 5.18. The number of fused-ring (bicyclic) bond motifs is 1. The van der Waals surface area contributed by atoms with Gasteiger partial charge in [-0.25, -0.2) is 0 Å². The van der Waals surface area contributed by atoms with Crippen molar-refractivity contribution in [3.8, 4) is 11.5 Å². The molecule has 1 aliphatic rings. The van der Waals surface area contributed by atoms with Gasteiger partial charge in [0, 0.05) is 34.5 Å². The van der Waals surface area contributed by atoms with E-state index in [0.29, 0.717) is 5.92 Å². The number of ether oxygens (including phenoxy) is 2. The predicted molar refractivity (Wildman–Crippen MR) is 115 cm³/mol. The number of benzene rings is 2. The van der Waals surface area contributed by atoms with Gasteiger partial charge >= 0.3 is 0 Å². The highest BCUT2D eigenvalue weighted by molar-refractivity contribution is 5.88. The van der Waals surface area contributed by atoms with Gasteiger partial charge in [0.1, 0.15) is 0 Å². The summed E-state index contributed by atoms with van der Waals surface area (Å²) in [5.74, 6) is 2.10. The van der Waals surface area contributed by atoms with Gasteiger partial charge in [-0.3, -0.25) is 0 Å². The molecule has 1 saturated heterocycles. The van der Waals surface area contributed by atoms with E-state index in [1.807, 2.05) is 12.1 Å². The Labute approximate surface area is 166 Å². The van der Waals surface area contributed by atoms with Crippen LogP contribution >= 0.6 is 0 Å². The lowest BCUT2D eigenvalue weighted by Gasteiger charge is -2.28. The minimum Gasteiger partial charge on any atom is -0.493 e. The summed E-state index contributed by atoms with van der Waals surface area (Å²) >= 11 is 0. The lowest BCUT2D eigenvalue weighted by atomic mass is 9.89. The highest BCUT2D eigenvalue weighted by Gasteiger charge is 2.21. The van der Waals surface area contributed by atoms with E-state index in [-0.39, 0.29) is 0 Å². The van der Waals surface area contributed by atoms with Crippen LogP contribution < -0.4 is 14.8 Å². The summed E-state index contributed by atoms with van der Waals surface area (Å²) in [7, 11) is 5.53. The van der Waals surface area contributed by atoms with Crippen LogP contribution in [-0.4, -0.2) is 44.2 Å². The molecule has 0 spiro atoms. The number of piperidine rings is 1. The maximum absolute atomic E-state index is 5.46. The minimum absolute atomic E-state index is 0.628. The molecule has 2 aromatic carbocycles. The number of nitrogens with zero attached hydrogens (tertiary/aromatic N) is 1. The Morgan fingerprint density at radius 1 is 1.04 bits per heavy atom. The second-order valence-corrected chi connectivity index (χ2v) is 7.73. The number of hydrogen-bond donors (Lipinski definition) is 2. The van der Waals surface area contributed by atoms with E-state index in [1.165, 1.54) is 42.4 Å². The molecule has 5 heteroatoms. The normalized spacial score (nSPS) is 15.7. The maximum atomic E-state index is 5.46. The Bertz CT molecular complexity index is 971. The smallest absolute Gasteiger partial charge is 0.162 e. The van der Waals surface area contributed by atoms with Gasteiger partial charge in [-0.1, -0.05) is 0 Å². The van der Waals surface area contributed by atoms with Crippen molar-refractivity contribution in [1.29, 1.82) is 0 Å². The van der Waals surface area contributed by atoms with Gasteiger partial charge in [-0.2, -0.15) is 0 Å². The average Bonchev–Trinajstić information content (AvgIpc) is 3.13. The first kappa shape index (κ1) is 18.7. The Balaban J connectivity index is 1.64. The quantitative estimate of drug-likeness (QED) is 0.652. The van der Waals surface area contributed by atoms with E-state index in [2.05, 4.69) is 53.6 Å². The molecule has 1 fully saturated rings. The molecule has 0 atom stereocenters. The molecule has 0 saturated carbocycles. The van der Waals surface area contributed by atoms with E-state index in [4.69, 9.17) is 9.47 Å². The molecule has 0 aliphatic carbocycles. The zero-order chi connectivity index (χ0) is 19.7. The molecule has 0 bridgehead atoms. The number of rotatable bonds is 5. The van der Waals surface area contributed by atoms with Gasteiger partial charge in [0.25, 0.3) is 0 Å². The van der Waals surface area contributed by atoms with Crippen LogP contribution in [0, 0.1) is 6.92 Å². The second kappa shape index (κ2) is 7.76. The average molecular weight is 380 g/mol. The van der Waals surface area contributed by atoms with Crippen LogP contribution in [0.4, 0.5) is 11.4 Å². The first-order valence-corrected chi connectivity index (χ1v) is 9.88. The lowest BCUT2D eigenvalue weighted by Crippen LogP contribution is -2.29. The number of likely N-dealkylation sites (tertiary alicyclic amines) is 1. The zero-order valence-electron chi connectivity index (χ0n) is 17.1. The topological polar surface area (TPSA) is 49.5 Å². The summed E-state index contributed by atoms with van der Waals surface area (Å²) in [5, 5.41) is 4.88. The van der Waals surface area contributed by atoms with E-state index in [0.717, 1.165) is 28.4 Å². The summed E-state index contributed by atoms with van der Waals surface area (Å²) in [6.07, 6.45) is 4.64. The van der Waals surface area contributed by atoms with E-state index >= 15 is 0 Å². The molecule has 0 radical (unpaired) electrons. The molecule has 2 heterocycles. The van der Waals surface area contributed by atoms with Crippen molar-refractivity contribution in [1.82, 2.24) is 9.88 Å². The number of methoxy groups -OCH3 is 2. The van der Waals surface area contributed by atoms with Crippen LogP contribution in [0.15, 0.2) is 36.5 Å². The summed E-state index contributed by atoms with van der Waals surface area (Å²) in [5.41, 5.74) is 5.85. The molecule has 28 heavy (non-hydrogen) atoms. The van der Waals surface area contributed by atoms with Crippen LogP contribution in [0.2, 0.25) is 0 Å². The third-order valence-corrected chi connectivity index (χ3v) is 5.88. The Morgan fingerprint density at radius 3 is 2.46 bits per heavy atom. The van der Waals surface area contributed by atoms with E-state index in [1.54, 1.807) is 14.2 Å². The fraction of sp³-hybridized carbons (Fsp3) is 0.391. The molecule has 3 aromatic rings. The van der Waals surface area contributed by atoms with Crippen LogP contribution in [0.5, 0.6) is 11.5 Å². The van der Waals surface area contributed by atoms with Crippen molar-refractivity contribution in [2.45, 2.75) is 25.7 Å². The summed E-state index contributed by atoms with van der Waals surface area (Å²) < 4.78 is 10.9. The first-order chi connectivity index (χ1) is 13.6. The molecule has 148 valence electrons. The van der Waals surface area contributed by atoms with Gasteiger partial charge < -0.3 is 24.7 Å². The molecular weight excluding hydrogens is 350 g/mol. The van der Waals surface area contributed by atoms with Crippen molar-refractivity contribution >= 4 is 22.3 Å². The second-order valence-electron chi connectivity index (χ2n) is 7.73. The fourth-order valence-electron chi connectivity index (χ4n) is 4.15. The number of hydrogen-bond acceptors (Lipinski definition) is 4. The monoisotopic (exact) mass is 379 g/mol. The van der Waals surface area contributed by atoms with Crippen molar-refractivity contribution in [3.63, 3.8) is 0 Å². The fourth-order valence-corrected chi connectivity index (χ4v) is 4.15. The van der Waals surface area contributed by atoms with Crippen LogP contribution in [0.25, 0.3) is 10.9 Å². The molecule has 1 aliphatic heterocycles. The molecule has 5 nitrogen and oxygen atoms in total. The highest BCUT2D eigenvalue weighted by atomic mass is 16.5. The largest absolute Gasteiger partial charge is 0.493 e. The number of aromatic amines is 1. The van der Waals surface area contributed by atoms with Gasteiger partial charge in [0.2, 0.25) is 0 Å². The Hall–Kier alpha value is -2.66. The number of nitrogens with one attached hydrogen (secondary N) is 2. The van der Waals surface area contributed by atoms with Crippen molar-refractivity contribution in [3.05, 3.63) is 47.7 Å². The SMILES string of the molecule is COc1cc(C)c(Nc2ccc3[nH]cc(C4CCN(C)CC4)c3c2)cc1OC. The molecule has 1 aromatic heterocycles. The van der Waals surface area contributed by atoms with E-state index in [9.17, 15) is 0 Å². The van der Waals surface area contributed by atoms with Gasteiger partial charge in [-0.05, 0) is 81.2 Å². The number of aryl methyl sites for hydroxylation is 1. The summed E-state index contributed by atoms with van der Waals surface area (Å²) in [6, 6.07) is 10.5. The van der Waals surface area contributed by atoms with Gasteiger partial charge in [0.15, 0.2) is 11.5 Å². The van der Waals surface area contributed by atoms with Crippen LogP contribution in [-0.2, 0) is 0 Å². The van der Waals surface area contributed by atoms with E-state index < -0.39 is 0 Å². The first-order valence-electron chi connectivity index (χ1n) is 9.88. The zero-order valence-corrected chi connectivity index (χ0v) is 17.1. The predicted octanol–water partition coefficient (Wildman–Crippen LogP) is 5.05. The molecule has 0 amide bonds. The number of H-pyrrole nitrogens is 1. The highest BCUT2D eigenvalue weighted by Crippen LogP contribution is 2.37. The molecule has 0 unspecified atom stereocenters. The summed E-state index contributed by atoms with van der Waals surface area (Å²) in [6.45, 7) is 4.41. The minimum atomic E-state index is 0.628. The lowest BCUT2D eigenvalue weighted by molar-refractivity contribution is 0.256. The van der Waals surface area contributed by atoms with Crippen molar-refractivity contribution < 1.29 is 9.47 Å². The number of anilines is 2. The molecule has 4 rings (SSSR count). The third kappa shape index (κ3) is 3.54. The third-order valence-electron chi connectivity index (χ3n) is 5.88. The van der Waals surface area contributed by atoms with Crippen molar-refractivity contribution in [2.75, 3.05) is 39.7 Å².